The second kappa shape index (κ2) is 10.2. The van der Waals surface area contributed by atoms with Gasteiger partial charge in [0.1, 0.15) is 22.8 Å². The summed E-state index contributed by atoms with van der Waals surface area (Å²) >= 11 is 0. The van der Waals surface area contributed by atoms with Gasteiger partial charge in [-0.15, -0.1) is 0 Å². The Kier molecular flexibility index (Phi) is 6.70. The lowest BCUT2D eigenvalue weighted by Gasteiger charge is -2.08. The number of furan rings is 1. The van der Waals surface area contributed by atoms with Crippen LogP contribution in [-0.2, 0) is 0 Å². The normalized spacial score (nSPS) is 10.4. The van der Waals surface area contributed by atoms with E-state index >= 15 is 0 Å². The fraction of sp³-hybridized carbons (Fsp3) is 0.185. The van der Waals surface area contributed by atoms with Gasteiger partial charge in [0.2, 0.25) is 0 Å². The standard InChI is InChI=1S/C27H22N2O3/c28-18-20-4-9-24(10-5-20)30-14-2-1-3-15-31-25-11-7-22(8-12-25)27-17-23-16-21(19-29)6-13-26(23)32-27/h4-13,16-17H,1-3,14-15H2. The van der Waals surface area contributed by atoms with Gasteiger partial charge in [-0.25, -0.2) is 0 Å². The van der Waals surface area contributed by atoms with Crippen molar-refractivity contribution in [2.75, 3.05) is 13.2 Å². The molecule has 3 aromatic carbocycles. The molecule has 1 aromatic heterocycles. The van der Waals surface area contributed by atoms with Gasteiger partial charge in [0.25, 0.3) is 0 Å². The molecule has 0 atom stereocenters. The number of nitrogens with zero attached hydrogens (tertiary/aromatic N) is 2. The van der Waals surface area contributed by atoms with Crippen LogP contribution in [0.5, 0.6) is 11.5 Å². The first-order valence-corrected chi connectivity index (χ1v) is 10.5. The molecule has 5 heteroatoms. The van der Waals surface area contributed by atoms with E-state index in [0.29, 0.717) is 24.3 Å². The first-order valence-electron chi connectivity index (χ1n) is 10.5. The van der Waals surface area contributed by atoms with Crippen molar-refractivity contribution in [2.45, 2.75) is 19.3 Å². The van der Waals surface area contributed by atoms with E-state index < -0.39 is 0 Å². The molecule has 4 rings (SSSR count). The molecule has 1 heterocycles. The average molecular weight is 422 g/mol. The fourth-order valence-corrected chi connectivity index (χ4v) is 3.36. The van der Waals surface area contributed by atoms with Gasteiger partial charge in [0.05, 0.1) is 36.5 Å². The summed E-state index contributed by atoms with van der Waals surface area (Å²) < 4.78 is 17.4. The molecule has 4 aromatic rings. The number of nitriles is 2. The van der Waals surface area contributed by atoms with Crippen molar-refractivity contribution in [1.82, 2.24) is 0 Å². The SMILES string of the molecule is N#Cc1ccc(OCCCCCOc2ccc(-c3cc4cc(C#N)ccc4o3)cc2)cc1. The van der Waals surface area contributed by atoms with Crippen LogP contribution in [0.3, 0.4) is 0 Å². The molecule has 0 aliphatic heterocycles. The van der Waals surface area contributed by atoms with Gasteiger partial charge < -0.3 is 13.9 Å². The Morgan fingerprint density at radius 2 is 1.25 bits per heavy atom. The third-order valence-corrected chi connectivity index (χ3v) is 5.09. The minimum atomic E-state index is 0.620. The summed E-state index contributed by atoms with van der Waals surface area (Å²) in [5.41, 5.74) is 2.98. The summed E-state index contributed by atoms with van der Waals surface area (Å²) in [6.07, 6.45) is 2.91. The molecule has 5 nitrogen and oxygen atoms in total. The van der Waals surface area contributed by atoms with Gasteiger partial charge in [-0.3, -0.25) is 0 Å². The van der Waals surface area contributed by atoms with Gasteiger partial charge in [0, 0.05) is 10.9 Å². The van der Waals surface area contributed by atoms with Gasteiger partial charge >= 0.3 is 0 Å². The summed E-state index contributed by atoms with van der Waals surface area (Å²) in [5, 5.41) is 18.8. The van der Waals surface area contributed by atoms with E-state index in [2.05, 4.69) is 12.1 Å². The van der Waals surface area contributed by atoms with Crippen LogP contribution in [0.1, 0.15) is 30.4 Å². The largest absolute Gasteiger partial charge is 0.494 e. The van der Waals surface area contributed by atoms with Crippen molar-refractivity contribution in [3.63, 3.8) is 0 Å². The van der Waals surface area contributed by atoms with Crippen LogP contribution in [-0.4, -0.2) is 13.2 Å². The average Bonchev–Trinajstić information content (AvgIpc) is 3.27. The highest BCUT2D eigenvalue weighted by Crippen LogP contribution is 2.29. The van der Waals surface area contributed by atoms with Crippen LogP contribution in [0.25, 0.3) is 22.3 Å². The van der Waals surface area contributed by atoms with E-state index in [1.807, 2.05) is 54.6 Å². The molecule has 0 aliphatic rings. The molecule has 0 spiro atoms. The van der Waals surface area contributed by atoms with Gasteiger partial charge in [-0.2, -0.15) is 10.5 Å². The number of unbranched alkanes of at least 4 members (excludes halogenated alkanes) is 2. The van der Waals surface area contributed by atoms with Crippen molar-refractivity contribution in [2.24, 2.45) is 0 Å². The first kappa shape index (κ1) is 21.0. The fourth-order valence-electron chi connectivity index (χ4n) is 3.36. The Morgan fingerprint density at radius 1 is 0.656 bits per heavy atom. The van der Waals surface area contributed by atoms with E-state index in [0.717, 1.165) is 53.1 Å². The van der Waals surface area contributed by atoms with Gasteiger partial charge in [0.15, 0.2) is 0 Å². The number of hydrogen-bond acceptors (Lipinski definition) is 5. The predicted molar refractivity (Wildman–Crippen MR) is 122 cm³/mol. The number of benzene rings is 3. The Labute approximate surface area is 187 Å². The minimum absolute atomic E-state index is 0.620. The highest BCUT2D eigenvalue weighted by molar-refractivity contribution is 5.84. The van der Waals surface area contributed by atoms with Crippen molar-refractivity contribution in [3.05, 3.63) is 83.9 Å². The molecule has 0 radical (unpaired) electrons. The Morgan fingerprint density at radius 3 is 1.88 bits per heavy atom. The molecule has 32 heavy (non-hydrogen) atoms. The molecule has 0 aliphatic carbocycles. The molecule has 0 bridgehead atoms. The van der Waals surface area contributed by atoms with Crippen LogP contribution < -0.4 is 9.47 Å². The molecule has 0 amide bonds. The van der Waals surface area contributed by atoms with E-state index in [9.17, 15) is 0 Å². The zero-order valence-electron chi connectivity index (χ0n) is 17.6. The summed E-state index contributed by atoms with van der Waals surface area (Å²) in [5.74, 6) is 2.38. The topological polar surface area (TPSA) is 79.2 Å². The summed E-state index contributed by atoms with van der Waals surface area (Å²) in [6, 6.07) is 26.6. The monoisotopic (exact) mass is 422 g/mol. The van der Waals surface area contributed by atoms with Crippen LogP contribution in [0.4, 0.5) is 0 Å². The first-order chi connectivity index (χ1) is 15.7. The Bertz CT molecular complexity index is 1260. The predicted octanol–water partition coefficient (Wildman–Crippen LogP) is 6.47. The maximum atomic E-state index is 9.04. The summed E-state index contributed by atoms with van der Waals surface area (Å²) in [7, 11) is 0. The molecule has 0 saturated heterocycles. The number of fused-ring (bicyclic) bond motifs is 1. The maximum absolute atomic E-state index is 9.04. The highest BCUT2D eigenvalue weighted by atomic mass is 16.5. The third kappa shape index (κ3) is 5.28. The molecular weight excluding hydrogens is 400 g/mol. The zero-order chi connectivity index (χ0) is 22.2. The van der Waals surface area contributed by atoms with Crippen molar-refractivity contribution < 1.29 is 13.9 Å². The molecule has 0 N–H and O–H groups in total. The second-order valence-electron chi connectivity index (χ2n) is 7.39. The van der Waals surface area contributed by atoms with Crippen LogP contribution in [0.15, 0.2) is 77.2 Å². The van der Waals surface area contributed by atoms with Crippen LogP contribution in [0, 0.1) is 22.7 Å². The lowest BCUT2D eigenvalue weighted by Crippen LogP contribution is -2.01. The van der Waals surface area contributed by atoms with Crippen molar-refractivity contribution in [3.8, 4) is 35.0 Å². The smallest absolute Gasteiger partial charge is 0.135 e. The van der Waals surface area contributed by atoms with Gasteiger partial charge in [-0.05, 0) is 92.1 Å². The van der Waals surface area contributed by atoms with Crippen LogP contribution >= 0.6 is 0 Å². The zero-order valence-corrected chi connectivity index (χ0v) is 17.6. The second-order valence-corrected chi connectivity index (χ2v) is 7.39. The minimum Gasteiger partial charge on any atom is -0.494 e. The molecule has 0 fully saturated rings. The van der Waals surface area contributed by atoms with E-state index in [1.165, 1.54) is 0 Å². The van der Waals surface area contributed by atoms with E-state index in [1.54, 1.807) is 18.2 Å². The number of rotatable bonds is 9. The maximum Gasteiger partial charge on any atom is 0.135 e. The van der Waals surface area contributed by atoms with Gasteiger partial charge in [-0.1, -0.05) is 0 Å². The van der Waals surface area contributed by atoms with Crippen molar-refractivity contribution in [1.29, 1.82) is 10.5 Å². The lowest BCUT2D eigenvalue weighted by atomic mass is 10.1. The van der Waals surface area contributed by atoms with E-state index in [-0.39, 0.29) is 0 Å². The number of hydrogen-bond donors (Lipinski definition) is 0. The van der Waals surface area contributed by atoms with Crippen LogP contribution in [0.2, 0.25) is 0 Å². The molecule has 0 saturated carbocycles. The molecule has 158 valence electrons. The van der Waals surface area contributed by atoms with E-state index in [4.69, 9.17) is 24.4 Å². The summed E-state index contributed by atoms with van der Waals surface area (Å²) in [6.45, 7) is 1.30. The lowest BCUT2D eigenvalue weighted by molar-refractivity contribution is 0.279. The highest BCUT2D eigenvalue weighted by Gasteiger charge is 2.07. The Hall–Kier alpha value is -4.22. The number of ether oxygens (including phenoxy) is 2. The Balaban J connectivity index is 1.19. The molecular formula is C27H22N2O3. The molecule has 0 unspecified atom stereocenters. The van der Waals surface area contributed by atoms with Crippen molar-refractivity contribution >= 4 is 11.0 Å². The quantitative estimate of drug-likeness (QED) is 0.289. The summed E-state index contributed by atoms with van der Waals surface area (Å²) in [4.78, 5) is 0. The third-order valence-electron chi connectivity index (χ3n) is 5.09.